The zero-order valence-electron chi connectivity index (χ0n) is 16.6. The van der Waals surface area contributed by atoms with E-state index in [2.05, 4.69) is 9.71 Å². The molecule has 3 aromatic carbocycles. The van der Waals surface area contributed by atoms with Crippen molar-refractivity contribution in [1.82, 2.24) is 4.98 Å². The van der Waals surface area contributed by atoms with Crippen LogP contribution < -0.4 is 9.46 Å². The maximum Gasteiger partial charge on any atom is 0.264 e. The van der Waals surface area contributed by atoms with Crippen LogP contribution in [0.2, 0.25) is 0 Å². The molecule has 0 bridgehead atoms. The second-order valence-electron chi connectivity index (χ2n) is 6.74. The number of hydrogen-bond donors (Lipinski definition) is 1. The van der Waals surface area contributed by atoms with Crippen molar-refractivity contribution < 1.29 is 22.0 Å². The van der Waals surface area contributed by atoms with Gasteiger partial charge in [0, 0.05) is 12.0 Å². The molecule has 0 unspecified atom stereocenters. The number of methoxy groups -OCH3 is 1. The summed E-state index contributed by atoms with van der Waals surface area (Å²) in [6.07, 6.45) is 0.339. The topological polar surface area (TPSA) is 81.4 Å². The predicted molar refractivity (Wildman–Crippen MR) is 115 cm³/mol. The van der Waals surface area contributed by atoms with Crippen LogP contribution in [0.5, 0.6) is 5.75 Å². The number of nitrogens with zero attached hydrogens (tertiary/aromatic N) is 1. The normalized spacial score (nSPS) is 11.3. The van der Waals surface area contributed by atoms with Crippen LogP contribution in [0.3, 0.4) is 0 Å². The molecule has 0 aliphatic carbocycles. The average molecular weight is 438 g/mol. The first kappa shape index (κ1) is 20.6. The molecule has 1 N–H and O–H groups in total. The molecule has 0 saturated heterocycles. The molecule has 31 heavy (non-hydrogen) atoms. The summed E-state index contributed by atoms with van der Waals surface area (Å²) in [5.41, 5.74) is 1.71. The zero-order valence-corrected chi connectivity index (χ0v) is 17.4. The Kier molecular flexibility index (Phi) is 5.73. The van der Waals surface area contributed by atoms with Crippen LogP contribution in [0.1, 0.15) is 11.5 Å². The van der Waals surface area contributed by atoms with Crippen LogP contribution >= 0.6 is 0 Å². The number of anilines is 1. The van der Waals surface area contributed by atoms with E-state index >= 15 is 0 Å². The standard InChI is InChI=1S/C23H19FN2O4S/c1-29-19-13-7-16(8-14-19)15-21-25-22(17-9-11-18(24)12-10-17)23(30-21)26-31(27,28)20-5-3-2-4-6-20/h2-14,26H,15H2,1H3. The second-order valence-corrected chi connectivity index (χ2v) is 8.42. The Morgan fingerprint density at radius 2 is 1.65 bits per heavy atom. The summed E-state index contributed by atoms with van der Waals surface area (Å²) in [4.78, 5) is 4.57. The lowest BCUT2D eigenvalue weighted by Gasteiger charge is -2.07. The van der Waals surface area contributed by atoms with E-state index in [0.717, 1.165) is 11.3 Å². The van der Waals surface area contributed by atoms with Gasteiger partial charge in [-0.05, 0) is 54.1 Å². The van der Waals surface area contributed by atoms with Crippen LogP contribution in [-0.2, 0) is 16.4 Å². The molecule has 158 valence electrons. The van der Waals surface area contributed by atoms with Crippen molar-refractivity contribution in [1.29, 1.82) is 0 Å². The van der Waals surface area contributed by atoms with Crippen LogP contribution in [0.15, 0.2) is 88.2 Å². The van der Waals surface area contributed by atoms with E-state index in [0.29, 0.717) is 17.9 Å². The van der Waals surface area contributed by atoms with Crippen LogP contribution in [-0.4, -0.2) is 20.5 Å². The quantitative estimate of drug-likeness (QED) is 0.445. The van der Waals surface area contributed by atoms with Crippen LogP contribution in [0.25, 0.3) is 11.3 Å². The molecule has 0 aliphatic rings. The molecule has 4 aromatic rings. The number of nitrogens with one attached hydrogen (secondary N) is 1. The number of halogens is 1. The van der Waals surface area contributed by atoms with Gasteiger partial charge in [0.2, 0.25) is 11.8 Å². The minimum absolute atomic E-state index is 0.0287. The lowest BCUT2D eigenvalue weighted by atomic mass is 10.1. The van der Waals surface area contributed by atoms with E-state index in [1.807, 2.05) is 24.3 Å². The molecule has 0 atom stereocenters. The van der Waals surface area contributed by atoms with Gasteiger partial charge in [0.25, 0.3) is 10.0 Å². The number of ether oxygens (including phenoxy) is 1. The summed E-state index contributed by atoms with van der Waals surface area (Å²) in [6.45, 7) is 0. The number of hydrogen-bond acceptors (Lipinski definition) is 5. The smallest absolute Gasteiger partial charge is 0.264 e. The Hall–Kier alpha value is -3.65. The highest BCUT2D eigenvalue weighted by Crippen LogP contribution is 2.31. The van der Waals surface area contributed by atoms with Crippen LogP contribution in [0.4, 0.5) is 10.3 Å². The molecule has 4 rings (SSSR count). The third kappa shape index (κ3) is 4.75. The third-order valence-corrected chi connectivity index (χ3v) is 5.93. The SMILES string of the molecule is COc1ccc(Cc2nc(-c3ccc(F)cc3)c(NS(=O)(=O)c3ccccc3)o2)cc1. The van der Waals surface area contributed by atoms with Gasteiger partial charge in [-0.2, -0.15) is 0 Å². The monoisotopic (exact) mass is 438 g/mol. The molecular formula is C23H19FN2O4S. The Labute approximate surface area is 179 Å². The van der Waals surface area contributed by atoms with Gasteiger partial charge in [-0.25, -0.2) is 22.5 Å². The molecule has 6 nitrogen and oxygen atoms in total. The molecule has 1 aromatic heterocycles. The fourth-order valence-corrected chi connectivity index (χ4v) is 4.03. The van der Waals surface area contributed by atoms with Crippen molar-refractivity contribution in [2.24, 2.45) is 0 Å². The maximum absolute atomic E-state index is 13.4. The first-order valence-corrected chi connectivity index (χ1v) is 10.9. The Morgan fingerprint density at radius 1 is 0.968 bits per heavy atom. The molecule has 0 saturated carbocycles. The summed E-state index contributed by atoms with van der Waals surface area (Å²) in [5.74, 6) is 0.603. The summed E-state index contributed by atoms with van der Waals surface area (Å²) in [5, 5.41) is 0. The van der Waals surface area contributed by atoms with Gasteiger partial charge in [-0.15, -0.1) is 0 Å². The van der Waals surface area contributed by atoms with Crippen LogP contribution in [0, 0.1) is 5.82 Å². The lowest BCUT2D eigenvalue weighted by molar-refractivity contribution is 0.414. The highest BCUT2D eigenvalue weighted by molar-refractivity contribution is 7.92. The van der Waals surface area contributed by atoms with Gasteiger partial charge in [0.1, 0.15) is 17.3 Å². The van der Waals surface area contributed by atoms with E-state index in [4.69, 9.17) is 9.15 Å². The first-order chi connectivity index (χ1) is 14.9. The molecule has 0 spiro atoms. The highest BCUT2D eigenvalue weighted by atomic mass is 32.2. The van der Waals surface area contributed by atoms with Crippen molar-refractivity contribution in [3.63, 3.8) is 0 Å². The largest absolute Gasteiger partial charge is 0.497 e. The second kappa shape index (κ2) is 8.61. The fraction of sp³-hybridized carbons (Fsp3) is 0.0870. The Morgan fingerprint density at radius 3 is 2.29 bits per heavy atom. The summed E-state index contributed by atoms with van der Waals surface area (Å²) in [6, 6.07) is 20.9. The molecule has 0 amide bonds. The number of benzene rings is 3. The minimum Gasteiger partial charge on any atom is -0.497 e. The van der Waals surface area contributed by atoms with Gasteiger partial charge >= 0.3 is 0 Å². The highest BCUT2D eigenvalue weighted by Gasteiger charge is 2.22. The molecule has 1 heterocycles. The van der Waals surface area contributed by atoms with E-state index in [1.165, 1.54) is 36.4 Å². The molecule has 0 radical (unpaired) electrons. The number of rotatable bonds is 7. The Balaban J connectivity index is 1.70. The van der Waals surface area contributed by atoms with E-state index in [1.54, 1.807) is 25.3 Å². The zero-order chi connectivity index (χ0) is 21.8. The predicted octanol–water partition coefficient (Wildman–Crippen LogP) is 4.88. The summed E-state index contributed by atoms with van der Waals surface area (Å²) >= 11 is 0. The van der Waals surface area contributed by atoms with Gasteiger partial charge in [0.05, 0.1) is 12.0 Å². The maximum atomic E-state index is 13.4. The van der Waals surface area contributed by atoms with Gasteiger partial charge in [-0.1, -0.05) is 30.3 Å². The average Bonchev–Trinajstić information content (AvgIpc) is 3.16. The van der Waals surface area contributed by atoms with Gasteiger partial charge < -0.3 is 9.15 Å². The fourth-order valence-electron chi connectivity index (χ4n) is 3.01. The molecule has 0 aliphatic heterocycles. The number of oxazole rings is 1. The first-order valence-electron chi connectivity index (χ1n) is 9.41. The van der Waals surface area contributed by atoms with E-state index in [-0.39, 0.29) is 16.5 Å². The Bertz CT molecular complexity index is 1270. The van der Waals surface area contributed by atoms with Crippen molar-refractivity contribution in [3.05, 3.63) is 96.1 Å². The summed E-state index contributed by atoms with van der Waals surface area (Å²) < 4.78 is 52.4. The molecule has 0 fully saturated rings. The molecule has 8 heteroatoms. The number of sulfonamides is 1. The van der Waals surface area contributed by atoms with E-state index < -0.39 is 15.8 Å². The third-order valence-electron chi connectivity index (χ3n) is 4.58. The minimum atomic E-state index is -3.89. The molecular weight excluding hydrogens is 419 g/mol. The van der Waals surface area contributed by atoms with Gasteiger partial charge in [-0.3, -0.25) is 0 Å². The van der Waals surface area contributed by atoms with Crippen molar-refractivity contribution in [2.45, 2.75) is 11.3 Å². The van der Waals surface area contributed by atoms with Gasteiger partial charge in [0.15, 0.2) is 0 Å². The van der Waals surface area contributed by atoms with E-state index in [9.17, 15) is 12.8 Å². The van der Waals surface area contributed by atoms with Crippen molar-refractivity contribution in [2.75, 3.05) is 11.8 Å². The van der Waals surface area contributed by atoms with Crippen molar-refractivity contribution >= 4 is 15.9 Å². The lowest BCUT2D eigenvalue weighted by Crippen LogP contribution is -2.12. The van der Waals surface area contributed by atoms with Crippen molar-refractivity contribution in [3.8, 4) is 17.0 Å². The summed E-state index contributed by atoms with van der Waals surface area (Å²) in [7, 11) is -2.31. The number of aromatic nitrogens is 1.